The van der Waals surface area contributed by atoms with Crippen molar-refractivity contribution < 1.29 is 4.79 Å². The van der Waals surface area contributed by atoms with E-state index in [1.54, 1.807) is 19.0 Å². The van der Waals surface area contributed by atoms with Crippen molar-refractivity contribution >= 4 is 5.91 Å². The summed E-state index contributed by atoms with van der Waals surface area (Å²) in [6.45, 7) is 0. The maximum atomic E-state index is 11.2. The molecule has 1 rings (SSSR count). The van der Waals surface area contributed by atoms with Gasteiger partial charge in [-0.05, 0) is 12.8 Å². The van der Waals surface area contributed by atoms with Gasteiger partial charge in [0.25, 0.3) is 0 Å². The fraction of sp³-hybridized carbons (Fsp3) is 0.625. The molecule has 0 aliphatic heterocycles. The Morgan fingerprint density at radius 1 is 1.60 bits per heavy atom. The molecule has 0 aromatic heterocycles. The summed E-state index contributed by atoms with van der Waals surface area (Å²) in [5.41, 5.74) is -0.413. The Labute approximate surface area is 61.2 Å². The molecule has 0 spiro atoms. The quantitative estimate of drug-likeness (QED) is 0.481. The molecule has 0 radical (unpaired) electrons. The zero-order valence-electron chi connectivity index (χ0n) is 6.35. The van der Waals surface area contributed by atoms with E-state index in [0.29, 0.717) is 0 Å². The van der Waals surface area contributed by atoms with Crippen molar-refractivity contribution in [1.29, 1.82) is 0 Å². The third-order valence-electron chi connectivity index (χ3n) is 1.84. The number of carbonyl (C=O) groups excluding carboxylic acids is 1. The Bertz CT molecular complexity index is 196. The molecule has 1 fully saturated rings. The number of amides is 1. The van der Waals surface area contributed by atoms with Gasteiger partial charge in [0.05, 0.1) is 0 Å². The Morgan fingerprint density at radius 2 is 2.10 bits per heavy atom. The second kappa shape index (κ2) is 2.02. The summed E-state index contributed by atoms with van der Waals surface area (Å²) < 4.78 is 0. The fourth-order valence-corrected chi connectivity index (χ4v) is 0.973. The third kappa shape index (κ3) is 0.881. The highest BCUT2D eigenvalue weighted by Gasteiger charge is 2.49. The molecule has 0 aromatic rings. The number of rotatable bonds is 1. The summed E-state index contributed by atoms with van der Waals surface area (Å²) in [7, 11) is 3.47. The Morgan fingerprint density at radius 3 is 2.20 bits per heavy atom. The van der Waals surface area contributed by atoms with Crippen LogP contribution < -0.4 is 0 Å². The van der Waals surface area contributed by atoms with Crippen LogP contribution in [0.25, 0.3) is 0 Å². The van der Waals surface area contributed by atoms with Crippen molar-refractivity contribution in [3.8, 4) is 12.3 Å². The van der Waals surface area contributed by atoms with Crippen LogP contribution >= 0.6 is 0 Å². The lowest BCUT2D eigenvalue weighted by molar-refractivity contribution is -0.132. The van der Waals surface area contributed by atoms with E-state index in [9.17, 15) is 4.79 Å². The predicted octanol–water partition coefficient (Wildman–Crippen LogP) is 0.488. The average Bonchev–Trinajstić information content (AvgIpc) is 2.66. The molecule has 1 aliphatic rings. The molecule has 2 heteroatoms. The van der Waals surface area contributed by atoms with Gasteiger partial charge >= 0.3 is 0 Å². The highest BCUT2D eigenvalue weighted by atomic mass is 16.2. The normalized spacial score (nSPS) is 19.3. The standard InChI is InChI=1S/C8H11NO/c1-4-8(5-6-8)7(10)9(2)3/h1H,5-6H2,2-3H3. The van der Waals surface area contributed by atoms with Crippen LogP contribution in [0.4, 0.5) is 0 Å². The van der Waals surface area contributed by atoms with E-state index in [4.69, 9.17) is 6.42 Å². The monoisotopic (exact) mass is 137 g/mol. The van der Waals surface area contributed by atoms with Crippen molar-refractivity contribution in [3.63, 3.8) is 0 Å². The SMILES string of the molecule is C#CC1(C(=O)N(C)C)CC1. The van der Waals surface area contributed by atoms with Gasteiger partial charge in [0.2, 0.25) is 5.91 Å². The Balaban J connectivity index is 2.68. The molecule has 1 aliphatic carbocycles. The van der Waals surface area contributed by atoms with Crippen LogP contribution in [0, 0.1) is 17.8 Å². The van der Waals surface area contributed by atoms with Gasteiger partial charge in [-0.1, -0.05) is 5.92 Å². The third-order valence-corrected chi connectivity index (χ3v) is 1.84. The molecule has 2 nitrogen and oxygen atoms in total. The van der Waals surface area contributed by atoms with Gasteiger partial charge < -0.3 is 4.90 Å². The fourth-order valence-electron chi connectivity index (χ4n) is 0.973. The van der Waals surface area contributed by atoms with Crippen LogP contribution in [0.2, 0.25) is 0 Å². The number of terminal acetylenes is 1. The number of carbonyl (C=O) groups is 1. The molecule has 0 unspecified atom stereocenters. The van der Waals surface area contributed by atoms with Gasteiger partial charge in [-0.25, -0.2) is 0 Å². The number of hydrogen-bond donors (Lipinski definition) is 0. The van der Waals surface area contributed by atoms with Crippen LogP contribution in [0.15, 0.2) is 0 Å². The summed E-state index contributed by atoms with van der Waals surface area (Å²) >= 11 is 0. The van der Waals surface area contributed by atoms with Crippen molar-refractivity contribution in [1.82, 2.24) is 4.90 Å². The minimum atomic E-state index is -0.413. The highest BCUT2D eigenvalue weighted by Crippen LogP contribution is 2.45. The Kier molecular flexibility index (Phi) is 1.44. The van der Waals surface area contributed by atoms with Crippen LogP contribution in [0.3, 0.4) is 0 Å². The lowest BCUT2D eigenvalue weighted by Gasteiger charge is -2.13. The zero-order chi connectivity index (χ0) is 7.78. The molecule has 1 saturated carbocycles. The first-order valence-corrected chi connectivity index (χ1v) is 3.32. The first kappa shape index (κ1) is 7.14. The minimum Gasteiger partial charge on any atom is -0.348 e. The van der Waals surface area contributed by atoms with Gasteiger partial charge in [0.1, 0.15) is 5.41 Å². The molecular formula is C8H11NO. The van der Waals surface area contributed by atoms with Crippen LogP contribution in [0.1, 0.15) is 12.8 Å². The topological polar surface area (TPSA) is 20.3 Å². The maximum Gasteiger partial charge on any atom is 0.240 e. The second-order valence-corrected chi connectivity index (χ2v) is 2.93. The van der Waals surface area contributed by atoms with E-state index in [1.165, 1.54) is 0 Å². The average molecular weight is 137 g/mol. The number of nitrogens with zero attached hydrogens (tertiary/aromatic N) is 1. The molecule has 0 aromatic carbocycles. The van der Waals surface area contributed by atoms with Crippen LogP contribution in [-0.4, -0.2) is 24.9 Å². The van der Waals surface area contributed by atoms with Crippen molar-refractivity contribution in [2.45, 2.75) is 12.8 Å². The number of hydrogen-bond acceptors (Lipinski definition) is 1. The maximum absolute atomic E-state index is 11.2. The van der Waals surface area contributed by atoms with Crippen LogP contribution in [0.5, 0.6) is 0 Å². The van der Waals surface area contributed by atoms with Crippen molar-refractivity contribution in [2.75, 3.05) is 14.1 Å². The Hall–Kier alpha value is -0.970. The summed E-state index contributed by atoms with van der Waals surface area (Å²) in [5.74, 6) is 2.62. The molecule has 0 atom stereocenters. The summed E-state index contributed by atoms with van der Waals surface area (Å²) in [6.07, 6.45) is 6.93. The van der Waals surface area contributed by atoms with Crippen LogP contribution in [-0.2, 0) is 4.79 Å². The minimum absolute atomic E-state index is 0.0787. The molecule has 0 bridgehead atoms. The lowest BCUT2D eigenvalue weighted by atomic mass is 10.1. The second-order valence-electron chi connectivity index (χ2n) is 2.93. The molecular weight excluding hydrogens is 126 g/mol. The van der Waals surface area contributed by atoms with E-state index in [-0.39, 0.29) is 5.91 Å². The zero-order valence-corrected chi connectivity index (χ0v) is 6.35. The van der Waals surface area contributed by atoms with Gasteiger partial charge in [-0.3, -0.25) is 4.79 Å². The molecule has 0 N–H and O–H groups in total. The lowest BCUT2D eigenvalue weighted by Crippen LogP contribution is -2.29. The van der Waals surface area contributed by atoms with Gasteiger partial charge in [-0.15, -0.1) is 6.42 Å². The first-order valence-electron chi connectivity index (χ1n) is 3.32. The molecule has 10 heavy (non-hydrogen) atoms. The van der Waals surface area contributed by atoms with Gasteiger partial charge in [-0.2, -0.15) is 0 Å². The van der Waals surface area contributed by atoms with Gasteiger partial charge in [0, 0.05) is 14.1 Å². The van der Waals surface area contributed by atoms with Gasteiger partial charge in [0.15, 0.2) is 0 Å². The molecule has 0 saturated heterocycles. The van der Waals surface area contributed by atoms with E-state index in [1.807, 2.05) is 0 Å². The summed E-state index contributed by atoms with van der Waals surface area (Å²) in [6, 6.07) is 0. The van der Waals surface area contributed by atoms with E-state index < -0.39 is 5.41 Å². The highest BCUT2D eigenvalue weighted by molar-refractivity contribution is 5.88. The molecule has 1 amide bonds. The molecule has 0 heterocycles. The summed E-state index contributed by atoms with van der Waals surface area (Å²) in [5, 5.41) is 0. The first-order chi connectivity index (χ1) is 4.62. The van der Waals surface area contributed by atoms with E-state index in [2.05, 4.69) is 5.92 Å². The predicted molar refractivity (Wildman–Crippen MR) is 39.2 cm³/mol. The van der Waals surface area contributed by atoms with E-state index >= 15 is 0 Å². The van der Waals surface area contributed by atoms with E-state index in [0.717, 1.165) is 12.8 Å². The van der Waals surface area contributed by atoms with Crippen molar-refractivity contribution in [2.24, 2.45) is 5.41 Å². The molecule has 54 valence electrons. The largest absolute Gasteiger partial charge is 0.348 e. The summed E-state index contributed by atoms with van der Waals surface area (Å²) in [4.78, 5) is 12.8. The van der Waals surface area contributed by atoms with Crippen molar-refractivity contribution in [3.05, 3.63) is 0 Å². The smallest absolute Gasteiger partial charge is 0.240 e.